The molecule has 1 heterocycles. The third-order valence-electron chi connectivity index (χ3n) is 0.674. The Kier molecular flexibility index (Phi) is 0.906. The molecule has 0 radical (unpaired) electrons. The van der Waals surface area contributed by atoms with Gasteiger partial charge in [0.15, 0.2) is 5.06 Å². The van der Waals surface area contributed by atoms with E-state index in [1.165, 1.54) is 11.3 Å². The Bertz CT molecular complexity index is 144. The highest BCUT2D eigenvalue weighted by atomic mass is 32.1. The summed E-state index contributed by atoms with van der Waals surface area (Å²) in [5.41, 5.74) is 5.66. The Morgan fingerprint density at radius 1 is 1.71 bits per heavy atom. The molecule has 0 saturated heterocycles. The second kappa shape index (κ2) is 1.42. The average Bonchev–Trinajstić information content (AvgIpc) is 1.91. The van der Waals surface area contributed by atoms with Crippen molar-refractivity contribution in [3.8, 4) is 5.06 Å². The summed E-state index contributed by atoms with van der Waals surface area (Å²) >= 11 is 1.23. The van der Waals surface area contributed by atoms with Gasteiger partial charge in [-0.15, -0.1) is 11.3 Å². The first-order chi connectivity index (χ1) is 3.30. The van der Waals surface area contributed by atoms with Crippen LogP contribution in [0.3, 0.4) is 0 Å². The minimum absolute atomic E-state index is 0.208. The second-order valence-corrected chi connectivity index (χ2v) is 2.08. The molecule has 2 nitrogen and oxygen atoms in total. The van der Waals surface area contributed by atoms with E-state index in [1.807, 2.05) is 0 Å². The summed E-state index contributed by atoms with van der Waals surface area (Å²) in [6.07, 6.45) is 0. The van der Waals surface area contributed by atoms with E-state index in [4.69, 9.17) is 10.8 Å². The molecular weight excluding hydrogens is 110 g/mol. The lowest BCUT2D eigenvalue weighted by Gasteiger charge is -1.80. The minimum Gasteiger partial charge on any atom is -0.498 e. The van der Waals surface area contributed by atoms with Crippen LogP contribution in [0.2, 0.25) is 0 Å². The predicted molar refractivity (Wildman–Crippen MR) is 30.4 cm³/mol. The quantitative estimate of drug-likeness (QED) is 0.530. The fourth-order valence-electron chi connectivity index (χ4n) is 0.311. The SMILES string of the molecule is Nc1ccsc1O. The maximum Gasteiger partial charge on any atom is 0.194 e. The lowest BCUT2D eigenvalue weighted by Crippen LogP contribution is -1.76. The number of hydrogen-bond donors (Lipinski definition) is 2. The summed E-state index contributed by atoms with van der Waals surface area (Å²) < 4.78 is 0. The van der Waals surface area contributed by atoms with Crippen LogP contribution < -0.4 is 5.73 Å². The van der Waals surface area contributed by atoms with E-state index in [2.05, 4.69) is 0 Å². The zero-order valence-corrected chi connectivity index (χ0v) is 4.40. The normalized spacial score (nSPS) is 9.14. The van der Waals surface area contributed by atoms with Gasteiger partial charge in [-0.1, -0.05) is 0 Å². The molecule has 0 aliphatic carbocycles. The van der Waals surface area contributed by atoms with Crippen molar-refractivity contribution in [2.45, 2.75) is 0 Å². The monoisotopic (exact) mass is 115 g/mol. The maximum atomic E-state index is 8.65. The van der Waals surface area contributed by atoms with Crippen LogP contribution in [0.25, 0.3) is 0 Å². The summed E-state index contributed by atoms with van der Waals surface area (Å²) in [5, 5.41) is 10.6. The molecule has 0 amide bonds. The largest absolute Gasteiger partial charge is 0.498 e. The van der Waals surface area contributed by atoms with Crippen molar-refractivity contribution in [3.63, 3.8) is 0 Å². The first kappa shape index (κ1) is 4.46. The third-order valence-corrected chi connectivity index (χ3v) is 1.41. The second-order valence-electron chi connectivity index (χ2n) is 1.18. The van der Waals surface area contributed by atoms with E-state index >= 15 is 0 Å². The molecule has 3 heteroatoms. The Morgan fingerprint density at radius 3 is 2.57 bits per heavy atom. The Morgan fingerprint density at radius 2 is 2.43 bits per heavy atom. The van der Waals surface area contributed by atoms with Gasteiger partial charge in [0, 0.05) is 0 Å². The van der Waals surface area contributed by atoms with Crippen LogP contribution in [-0.4, -0.2) is 5.11 Å². The van der Waals surface area contributed by atoms with Gasteiger partial charge < -0.3 is 10.8 Å². The molecule has 0 spiro atoms. The van der Waals surface area contributed by atoms with E-state index in [0.29, 0.717) is 5.69 Å². The number of thiophene rings is 1. The van der Waals surface area contributed by atoms with E-state index in [9.17, 15) is 0 Å². The molecule has 38 valence electrons. The van der Waals surface area contributed by atoms with E-state index in [0.717, 1.165) is 0 Å². The van der Waals surface area contributed by atoms with Gasteiger partial charge in [-0.3, -0.25) is 0 Å². The molecule has 1 aromatic heterocycles. The zero-order valence-electron chi connectivity index (χ0n) is 3.59. The first-order valence-corrected chi connectivity index (χ1v) is 2.70. The molecule has 1 aromatic rings. The van der Waals surface area contributed by atoms with Crippen molar-refractivity contribution in [2.75, 3.05) is 5.73 Å². The Labute approximate surface area is 45.2 Å². The molecule has 0 fully saturated rings. The van der Waals surface area contributed by atoms with Crippen molar-refractivity contribution in [1.82, 2.24) is 0 Å². The lowest BCUT2D eigenvalue weighted by molar-refractivity contribution is 0.493. The van der Waals surface area contributed by atoms with Gasteiger partial charge >= 0.3 is 0 Å². The lowest BCUT2D eigenvalue weighted by atomic mass is 10.5. The van der Waals surface area contributed by atoms with Crippen molar-refractivity contribution >= 4 is 17.0 Å². The van der Waals surface area contributed by atoms with Crippen LogP contribution in [0, 0.1) is 0 Å². The van der Waals surface area contributed by atoms with Crippen LogP contribution in [-0.2, 0) is 0 Å². The molecule has 0 aliphatic heterocycles. The molecular formula is C4H5NOS. The third kappa shape index (κ3) is 0.667. The Hall–Kier alpha value is -0.700. The molecule has 0 atom stereocenters. The van der Waals surface area contributed by atoms with Crippen LogP contribution >= 0.6 is 11.3 Å². The molecule has 0 aromatic carbocycles. The minimum atomic E-state index is 0.208. The molecule has 1 rings (SSSR count). The van der Waals surface area contributed by atoms with Crippen molar-refractivity contribution < 1.29 is 5.11 Å². The number of nitrogen functional groups attached to an aromatic ring is 1. The van der Waals surface area contributed by atoms with E-state index in [1.54, 1.807) is 11.4 Å². The molecule has 7 heavy (non-hydrogen) atoms. The van der Waals surface area contributed by atoms with Gasteiger partial charge in [0.05, 0.1) is 5.69 Å². The highest BCUT2D eigenvalue weighted by molar-refractivity contribution is 7.12. The van der Waals surface area contributed by atoms with Gasteiger partial charge in [0.1, 0.15) is 0 Å². The fraction of sp³-hybridized carbons (Fsp3) is 0. The van der Waals surface area contributed by atoms with Crippen molar-refractivity contribution in [3.05, 3.63) is 11.4 Å². The van der Waals surface area contributed by atoms with Crippen LogP contribution in [0.4, 0.5) is 5.69 Å². The van der Waals surface area contributed by atoms with Gasteiger partial charge in [0.25, 0.3) is 0 Å². The summed E-state index contributed by atoms with van der Waals surface area (Å²) in [4.78, 5) is 0. The molecule has 0 saturated carbocycles. The summed E-state index contributed by atoms with van der Waals surface area (Å²) in [6.45, 7) is 0. The molecule has 0 unspecified atom stereocenters. The highest BCUT2D eigenvalue weighted by Crippen LogP contribution is 2.25. The van der Waals surface area contributed by atoms with E-state index in [-0.39, 0.29) is 5.06 Å². The van der Waals surface area contributed by atoms with E-state index < -0.39 is 0 Å². The van der Waals surface area contributed by atoms with Gasteiger partial charge in [-0.25, -0.2) is 0 Å². The standard InChI is InChI=1S/C4H5NOS/c5-3-1-2-7-4(3)6/h1-2,6H,5H2. The number of hydrogen-bond acceptors (Lipinski definition) is 3. The fourth-order valence-corrected chi connectivity index (χ4v) is 0.859. The number of anilines is 1. The smallest absolute Gasteiger partial charge is 0.194 e. The van der Waals surface area contributed by atoms with Gasteiger partial charge in [-0.2, -0.15) is 0 Å². The summed E-state index contributed by atoms with van der Waals surface area (Å²) in [6, 6.07) is 1.67. The predicted octanol–water partition coefficient (Wildman–Crippen LogP) is 1.04. The maximum absolute atomic E-state index is 8.65. The summed E-state index contributed by atoms with van der Waals surface area (Å²) in [5.74, 6) is 0. The topological polar surface area (TPSA) is 46.2 Å². The first-order valence-electron chi connectivity index (χ1n) is 1.82. The zero-order chi connectivity index (χ0) is 5.28. The number of aromatic hydroxyl groups is 1. The van der Waals surface area contributed by atoms with Crippen molar-refractivity contribution in [1.29, 1.82) is 0 Å². The highest BCUT2D eigenvalue weighted by Gasteiger charge is 1.91. The Balaban J connectivity index is 3.12. The average molecular weight is 115 g/mol. The van der Waals surface area contributed by atoms with Crippen LogP contribution in [0.15, 0.2) is 11.4 Å². The molecule has 0 bridgehead atoms. The molecule has 3 N–H and O–H groups in total. The van der Waals surface area contributed by atoms with Crippen LogP contribution in [0.5, 0.6) is 5.06 Å². The van der Waals surface area contributed by atoms with Crippen LogP contribution in [0.1, 0.15) is 0 Å². The summed E-state index contributed by atoms with van der Waals surface area (Å²) in [7, 11) is 0. The molecule has 0 aliphatic rings. The van der Waals surface area contributed by atoms with Gasteiger partial charge in [0.2, 0.25) is 0 Å². The number of rotatable bonds is 0. The van der Waals surface area contributed by atoms with Crippen molar-refractivity contribution in [2.24, 2.45) is 0 Å². The number of nitrogens with two attached hydrogens (primary N) is 1. The van der Waals surface area contributed by atoms with Gasteiger partial charge in [-0.05, 0) is 11.4 Å².